The van der Waals surface area contributed by atoms with E-state index in [9.17, 15) is 14.7 Å². The number of para-hydroxylation sites is 1. The smallest absolute Gasteiger partial charge is 0.342 e. The van der Waals surface area contributed by atoms with Gasteiger partial charge in [0.2, 0.25) is 0 Å². The van der Waals surface area contributed by atoms with Crippen LogP contribution in [0.15, 0.2) is 42.5 Å². The molecule has 0 saturated heterocycles. The molecule has 0 aliphatic rings. The first kappa shape index (κ1) is 19.1. The van der Waals surface area contributed by atoms with Gasteiger partial charge in [-0.1, -0.05) is 18.2 Å². The zero-order valence-electron chi connectivity index (χ0n) is 14.7. The number of nitrogens with one attached hydrogen (secondary N) is 1. The molecule has 0 spiro atoms. The summed E-state index contributed by atoms with van der Waals surface area (Å²) in [5, 5.41) is 12.4. The second-order valence-electron chi connectivity index (χ2n) is 5.37. The number of rotatable bonds is 8. The summed E-state index contributed by atoms with van der Waals surface area (Å²) in [5.41, 5.74) is 0.903. The lowest BCUT2D eigenvalue weighted by Crippen LogP contribution is -2.30. The number of phenolic OH excluding ortho intramolecular Hbond substituents is 1. The lowest BCUT2D eigenvalue weighted by molar-refractivity contribution is -0.124. The van der Waals surface area contributed by atoms with Crippen LogP contribution in [0.5, 0.6) is 17.2 Å². The van der Waals surface area contributed by atoms with E-state index in [0.29, 0.717) is 18.7 Å². The summed E-state index contributed by atoms with van der Waals surface area (Å²) >= 11 is 0. The highest BCUT2D eigenvalue weighted by atomic mass is 16.5. The number of aromatic hydroxyl groups is 1. The minimum Gasteiger partial charge on any atom is -0.507 e. The molecule has 0 unspecified atom stereocenters. The third kappa shape index (κ3) is 5.14. The number of phenols is 1. The molecule has 0 saturated carbocycles. The van der Waals surface area contributed by atoms with Gasteiger partial charge in [0.05, 0.1) is 14.2 Å². The van der Waals surface area contributed by atoms with Crippen LogP contribution in [0, 0.1) is 0 Å². The average Bonchev–Trinajstić information content (AvgIpc) is 2.67. The third-order valence-electron chi connectivity index (χ3n) is 3.67. The first-order chi connectivity index (χ1) is 12.5. The van der Waals surface area contributed by atoms with Crippen molar-refractivity contribution >= 4 is 11.9 Å². The number of ether oxygens (including phenoxy) is 3. The van der Waals surface area contributed by atoms with Crippen molar-refractivity contribution in [2.24, 2.45) is 0 Å². The van der Waals surface area contributed by atoms with Crippen molar-refractivity contribution in [3.8, 4) is 17.2 Å². The zero-order valence-corrected chi connectivity index (χ0v) is 14.7. The highest BCUT2D eigenvalue weighted by molar-refractivity contribution is 5.94. The fraction of sp³-hybridized carbons (Fsp3) is 0.263. The van der Waals surface area contributed by atoms with Crippen molar-refractivity contribution in [3.63, 3.8) is 0 Å². The number of hydrogen-bond donors (Lipinski definition) is 2. The molecule has 2 aromatic rings. The summed E-state index contributed by atoms with van der Waals surface area (Å²) < 4.78 is 15.2. The summed E-state index contributed by atoms with van der Waals surface area (Å²) in [6.45, 7) is -0.0669. The van der Waals surface area contributed by atoms with E-state index in [0.717, 1.165) is 11.3 Å². The van der Waals surface area contributed by atoms with E-state index >= 15 is 0 Å². The van der Waals surface area contributed by atoms with Gasteiger partial charge in [-0.15, -0.1) is 0 Å². The molecule has 2 aromatic carbocycles. The van der Waals surface area contributed by atoms with Gasteiger partial charge in [-0.05, 0) is 36.2 Å². The number of esters is 1. The SMILES string of the molecule is COc1ccc(O)c(C(=O)OCC(=O)NCCc2ccccc2OC)c1. The van der Waals surface area contributed by atoms with E-state index < -0.39 is 18.5 Å². The minimum absolute atomic E-state index is 0.0637. The van der Waals surface area contributed by atoms with Gasteiger partial charge in [-0.25, -0.2) is 4.79 Å². The Morgan fingerprint density at radius 2 is 1.85 bits per heavy atom. The molecule has 0 aromatic heterocycles. The van der Waals surface area contributed by atoms with Crippen LogP contribution in [-0.4, -0.2) is 44.4 Å². The molecule has 2 rings (SSSR count). The lowest BCUT2D eigenvalue weighted by atomic mass is 10.1. The lowest BCUT2D eigenvalue weighted by Gasteiger charge is -2.10. The van der Waals surface area contributed by atoms with Crippen molar-refractivity contribution in [2.75, 3.05) is 27.4 Å². The molecule has 0 bridgehead atoms. The summed E-state index contributed by atoms with van der Waals surface area (Å²) in [7, 11) is 3.03. The van der Waals surface area contributed by atoms with Crippen LogP contribution < -0.4 is 14.8 Å². The van der Waals surface area contributed by atoms with Crippen LogP contribution in [0.4, 0.5) is 0 Å². The molecule has 0 aliphatic carbocycles. The molecule has 138 valence electrons. The average molecular weight is 359 g/mol. The van der Waals surface area contributed by atoms with Crippen molar-refractivity contribution < 1.29 is 28.9 Å². The van der Waals surface area contributed by atoms with Gasteiger partial charge >= 0.3 is 5.97 Å². The van der Waals surface area contributed by atoms with Gasteiger partial charge in [-0.3, -0.25) is 4.79 Å². The van der Waals surface area contributed by atoms with Crippen LogP contribution in [-0.2, 0) is 16.0 Å². The Kier molecular flexibility index (Phi) is 6.84. The Labute approximate surface area is 151 Å². The summed E-state index contributed by atoms with van der Waals surface area (Å²) in [5.74, 6) is -0.331. The van der Waals surface area contributed by atoms with Gasteiger partial charge in [0.15, 0.2) is 6.61 Å². The Balaban J connectivity index is 1.80. The first-order valence-corrected chi connectivity index (χ1v) is 7.98. The van der Waals surface area contributed by atoms with Crippen LogP contribution in [0.2, 0.25) is 0 Å². The molecular formula is C19H21NO6. The molecule has 1 amide bonds. The maximum absolute atomic E-state index is 12.0. The molecular weight excluding hydrogens is 338 g/mol. The van der Waals surface area contributed by atoms with Gasteiger partial charge in [0.1, 0.15) is 22.8 Å². The fourth-order valence-corrected chi connectivity index (χ4v) is 2.31. The number of carbonyl (C=O) groups is 2. The summed E-state index contributed by atoms with van der Waals surface area (Å²) in [6, 6.07) is 11.7. The number of hydrogen-bond acceptors (Lipinski definition) is 6. The van der Waals surface area contributed by atoms with Crippen LogP contribution >= 0.6 is 0 Å². The predicted molar refractivity (Wildman–Crippen MR) is 94.6 cm³/mol. The molecule has 7 heteroatoms. The summed E-state index contributed by atoms with van der Waals surface area (Å²) in [4.78, 5) is 23.8. The number of carbonyl (C=O) groups excluding carboxylic acids is 2. The van der Waals surface area contributed by atoms with E-state index in [4.69, 9.17) is 14.2 Å². The van der Waals surface area contributed by atoms with E-state index in [1.54, 1.807) is 7.11 Å². The Morgan fingerprint density at radius 1 is 1.08 bits per heavy atom. The monoisotopic (exact) mass is 359 g/mol. The Bertz CT molecular complexity index is 774. The van der Waals surface area contributed by atoms with E-state index in [1.807, 2.05) is 24.3 Å². The van der Waals surface area contributed by atoms with Gasteiger partial charge in [-0.2, -0.15) is 0 Å². The Hall–Kier alpha value is -3.22. The minimum atomic E-state index is -0.804. The first-order valence-electron chi connectivity index (χ1n) is 7.98. The van der Waals surface area contributed by atoms with Crippen LogP contribution in [0.25, 0.3) is 0 Å². The van der Waals surface area contributed by atoms with Crippen molar-refractivity contribution in [2.45, 2.75) is 6.42 Å². The second-order valence-corrected chi connectivity index (χ2v) is 5.37. The number of amides is 1. The molecule has 0 fully saturated rings. The molecule has 26 heavy (non-hydrogen) atoms. The Morgan fingerprint density at radius 3 is 2.58 bits per heavy atom. The highest BCUT2D eigenvalue weighted by Gasteiger charge is 2.15. The number of benzene rings is 2. The largest absolute Gasteiger partial charge is 0.507 e. The summed E-state index contributed by atoms with van der Waals surface area (Å²) in [6.07, 6.45) is 0.584. The van der Waals surface area contributed by atoms with Gasteiger partial charge < -0.3 is 24.6 Å². The number of methoxy groups -OCH3 is 2. The quantitative estimate of drug-likeness (QED) is 0.700. The topological polar surface area (TPSA) is 94.1 Å². The van der Waals surface area contributed by atoms with Crippen molar-refractivity contribution in [1.82, 2.24) is 5.32 Å². The normalized spacial score (nSPS) is 10.1. The maximum Gasteiger partial charge on any atom is 0.342 e. The van der Waals surface area contributed by atoms with Gasteiger partial charge in [0, 0.05) is 6.54 Å². The van der Waals surface area contributed by atoms with Crippen molar-refractivity contribution in [1.29, 1.82) is 0 Å². The maximum atomic E-state index is 12.0. The van der Waals surface area contributed by atoms with Gasteiger partial charge in [0.25, 0.3) is 5.91 Å². The van der Waals surface area contributed by atoms with Crippen LogP contribution in [0.1, 0.15) is 15.9 Å². The molecule has 0 aliphatic heterocycles. The van der Waals surface area contributed by atoms with E-state index in [-0.39, 0.29) is 11.3 Å². The highest BCUT2D eigenvalue weighted by Crippen LogP contribution is 2.23. The molecule has 0 radical (unpaired) electrons. The predicted octanol–water partition coefficient (Wildman–Crippen LogP) is 1.93. The van der Waals surface area contributed by atoms with Crippen LogP contribution in [0.3, 0.4) is 0 Å². The molecule has 2 N–H and O–H groups in total. The molecule has 7 nitrogen and oxygen atoms in total. The third-order valence-corrected chi connectivity index (χ3v) is 3.67. The zero-order chi connectivity index (χ0) is 18.9. The molecule has 0 atom stereocenters. The molecule has 0 heterocycles. The van der Waals surface area contributed by atoms with E-state index in [1.165, 1.54) is 25.3 Å². The standard InChI is InChI=1S/C19H21NO6/c1-24-14-7-8-16(21)15(11-14)19(23)26-12-18(22)20-10-9-13-5-3-4-6-17(13)25-2/h3-8,11,21H,9-10,12H2,1-2H3,(H,20,22). The fourth-order valence-electron chi connectivity index (χ4n) is 2.31. The second kappa shape index (κ2) is 9.31. The van der Waals surface area contributed by atoms with Crippen molar-refractivity contribution in [3.05, 3.63) is 53.6 Å². The van der Waals surface area contributed by atoms with E-state index in [2.05, 4.69) is 5.32 Å².